The molecule has 9 nitrogen and oxygen atoms in total. The number of carbonyl (C=O) groups is 1. The van der Waals surface area contributed by atoms with E-state index < -0.39 is 33.4 Å². The molecule has 13 heteroatoms. The molecule has 2 aromatic rings. The highest BCUT2D eigenvalue weighted by molar-refractivity contribution is 6.34. The van der Waals surface area contributed by atoms with Crippen molar-refractivity contribution >= 4 is 23.3 Å². The first kappa shape index (κ1) is 18.7. The predicted molar refractivity (Wildman–Crippen MR) is 79.2 cm³/mol. The first-order valence-electron chi connectivity index (χ1n) is 6.79. The maximum Gasteiger partial charge on any atom is 0.436 e. The Bertz CT molecular complexity index is 829. The molecule has 0 aliphatic carbocycles. The van der Waals surface area contributed by atoms with Crippen molar-refractivity contribution in [1.82, 2.24) is 24.9 Å². The highest BCUT2D eigenvalue weighted by Gasteiger charge is 2.39. The number of aromatic nitrogens is 4. The quantitative estimate of drug-likeness (QED) is 0.630. The Hall–Kier alpha value is -2.63. The van der Waals surface area contributed by atoms with Gasteiger partial charge in [0.15, 0.2) is 5.69 Å². The molecular weight excluding hydrogens is 369 g/mol. The summed E-state index contributed by atoms with van der Waals surface area (Å²) in [6, 6.07) is 1.26. The van der Waals surface area contributed by atoms with Gasteiger partial charge in [0.2, 0.25) is 0 Å². The van der Waals surface area contributed by atoms with Crippen LogP contribution in [0.1, 0.15) is 21.9 Å². The van der Waals surface area contributed by atoms with Crippen molar-refractivity contribution in [1.29, 1.82) is 0 Å². The minimum Gasteiger partial charge on any atom is -0.358 e. The Labute approximate surface area is 143 Å². The number of alkyl halides is 3. The summed E-state index contributed by atoms with van der Waals surface area (Å²) in [6.07, 6.45) is -4.78. The first-order valence-corrected chi connectivity index (χ1v) is 7.17. The SMILES string of the molecule is Cc1cc([N+](=O)[O-])nn1CCNC(=O)c1c(Cl)c(C(F)(F)F)nn1C. The van der Waals surface area contributed by atoms with Crippen molar-refractivity contribution in [3.8, 4) is 0 Å². The van der Waals surface area contributed by atoms with Crippen LogP contribution in [0.15, 0.2) is 6.07 Å². The Morgan fingerprint density at radius 1 is 1.44 bits per heavy atom. The van der Waals surface area contributed by atoms with Gasteiger partial charge in [-0.25, -0.2) is 0 Å². The van der Waals surface area contributed by atoms with Gasteiger partial charge >= 0.3 is 12.0 Å². The van der Waals surface area contributed by atoms with Gasteiger partial charge in [0, 0.05) is 13.6 Å². The van der Waals surface area contributed by atoms with Crippen LogP contribution >= 0.6 is 11.6 Å². The molecule has 0 bridgehead atoms. The second kappa shape index (κ2) is 6.70. The summed E-state index contributed by atoms with van der Waals surface area (Å²) in [6.45, 7) is 1.66. The molecule has 1 amide bonds. The lowest BCUT2D eigenvalue weighted by atomic mass is 10.3. The predicted octanol–water partition coefficient (Wildman–Crippen LogP) is 1.94. The standard InChI is InChI=1S/C12H12ClF3N6O3/c1-6-5-7(22(24)25)18-21(6)4-3-17-11(23)9-8(13)10(12(14,15)16)19-20(9)2/h5H,3-4H2,1-2H3,(H,17,23). The summed E-state index contributed by atoms with van der Waals surface area (Å²) in [7, 11) is 1.16. The summed E-state index contributed by atoms with van der Waals surface area (Å²) in [5.74, 6) is -1.19. The molecule has 0 radical (unpaired) electrons. The van der Waals surface area contributed by atoms with Gasteiger partial charge < -0.3 is 15.4 Å². The second-order valence-corrected chi connectivity index (χ2v) is 5.39. The third kappa shape index (κ3) is 3.90. The first-order chi connectivity index (χ1) is 11.5. The number of hydrogen-bond donors (Lipinski definition) is 1. The lowest BCUT2D eigenvalue weighted by molar-refractivity contribution is -0.389. The smallest absolute Gasteiger partial charge is 0.358 e. The third-order valence-electron chi connectivity index (χ3n) is 3.24. The number of amides is 1. The third-order valence-corrected chi connectivity index (χ3v) is 3.60. The summed E-state index contributed by atoms with van der Waals surface area (Å²) in [5.41, 5.74) is -1.28. The fourth-order valence-electron chi connectivity index (χ4n) is 2.09. The molecule has 0 aliphatic heterocycles. The van der Waals surface area contributed by atoms with Gasteiger partial charge in [0.25, 0.3) is 5.91 Å². The average molecular weight is 381 g/mol. The number of nitrogens with zero attached hydrogens (tertiary/aromatic N) is 5. The summed E-state index contributed by atoms with van der Waals surface area (Å²) >= 11 is 5.61. The Balaban J connectivity index is 2.07. The van der Waals surface area contributed by atoms with Crippen LogP contribution in [0.5, 0.6) is 0 Å². The van der Waals surface area contributed by atoms with Crippen LogP contribution in [0, 0.1) is 17.0 Å². The van der Waals surface area contributed by atoms with E-state index >= 15 is 0 Å². The zero-order valence-corrected chi connectivity index (χ0v) is 13.7. The molecule has 25 heavy (non-hydrogen) atoms. The lowest BCUT2D eigenvalue weighted by Gasteiger charge is -2.05. The number of carbonyl (C=O) groups excluding carboxylic acids is 1. The number of nitro groups is 1. The molecular formula is C12H12ClF3N6O3. The van der Waals surface area contributed by atoms with Crippen molar-refractivity contribution in [2.75, 3.05) is 6.54 Å². The van der Waals surface area contributed by atoms with Gasteiger partial charge in [-0.15, -0.1) is 0 Å². The summed E-state index contributed by atoms with van der Waals surface area (Å²) < 4.78 is 40.2. The van der Waals surface area contributed by atoms with Crippen molar-refractivity contribution in [3.63, 3.8) is 0 Å². The fourth-order valence-corrected chi connectivity index (χ4v) is 2.45. The largest absolute Gasteiger partial charge is 0.436 e. The van der Waals surface area contributed by atoms with Gasteiger partial charge in [0.05, 0.1) is 23.4 Å². The van der Waals surface area contributed by atoms with E-state index in [2.05, 4.69) is 15.5 Å². The number of hydrogen-bond acceptors (Lipinski definition) is 5. The summed E-state index contributed by atoms with van der Waals surface area (Å²) in [4.78, 5) is 22.0. The van der Waals surface area contributed by atoms with Crippen LogP contribution in [0.3, 0.4) is 0 Å². The number of nitrogens with one attached hydrogen (secondary N) is 1. The molecule has 0 atom stereocenters. The number of halogens is 4. The molecule has 1 N–H and O–H groups in total. The topological polar surface area (TPSA) is 108 Å². The Kier molecular flexibility index (Phi) is 5.02. The van der Waals surface area contributed by atoms with Crippen LogP contribution in [0.2, 0.25) is 5.02 Å². The minimum atomic E-state index is -4.78. The van der Waals surface area contributed by atoms with Crippen LogP contribution in [0.4, 0.5) is 19.0 Å². The van der Waals surface area contributed by atoms with Crippen LogP contribution in [-0.2, 0) is 19.8 Å². The van der Waals surface area contributed by atoms with E-state index in [9.17, 15) is 28.1 Å². The second-order valence-electron chi connectivity index (χ2n) is 5.01. The minimum absolute atomic E-state index is 0.0264. The van der Waals surface area contributed by atoms with Crippen molar-refractivity contribution < 1.29 is 22.9 Å². The van der Waals surface area contributed by atoms with Crippen molar-refractivity contribution in [2.45, 2.75) is 19.6 Å². The number of rotatable bonds is 5. The molecule has 0 spiro atoms. The Morgan fingerprint density at radius 3 is 2.56 bits per heavy atom. The zero-order valence-electron chi connectivity index (χ0n) is 13.0. The van der Waals surface area contributed by atoms with Crippen molar-refractivity contribution in [3.05, 3.63) is 38.3 Å². The average Bonchev–Trinajstić information content (AvgIpc) is 2.99. The zero-order chi connectivity index (χ0) is 18.9. The van der Waals surface area contributed by atoms with Crippen LogP contribution in [-0.4, -0.2) is 36.9 Å². The van der Waals surface area contributed by atoms with E-state index in [0.29, 0.717) is 5.69 Å². The molecule has 0 aliphatic rings. The van der Waals surface area contributed by atoms with E-state index in [0.717, 1.165) is 11.7 Å². The van der Waals surface area contributed by atoms with Crippen LogP contribution in [0.25, 0.3) is 0 Å². The van der Waals surface area contributed by atoms with E-state index in [4.69, 9.17) is 11.6 Å². The number of aryl methyl sites for hydroxylation is 2. The molecule has 136 valence electrons. The maximum absolute atomic E-state index is 12.7. The molecule has 0 unspecified atom stereocenters. The normalized spacial score (nSPS) is 11.6. The fraction of sp³-hybridized carbons (Fsp3) is 0.417. The summed E-state index contributed by atoms with van der Waals surface area (Å²) in [5, 5.41) is 19.2. The monoisotopic (exact) mass is 380 g/mol. The highest BCUT2D eigenvalue weighted by Crippen LogP contribution is 2.35. The molecule has 0 fully saturated rings. The molecule has 2 aromatic heterocycles. The molecule has 0 aromatic carbocycles. The van der Waals surface area contributed by atoms with E-state index in [1.54, 1.807) is 6.92 Å². The Morgan fingerprint density at radius 2 is 2.08 bits per heavy atom. The molecule has 0 saturated carbocycles. The van der Waals surface area contributed by atoms with Gasteiger partial charge in [-0.1, -0.05) is 11.6 Å². The molecule has 2 heterocycles. The lowest BCUT2D eigenvalue weighted by Crippen LogP contribution is -2.29. The maximum atomic E-state index is 12.7. The van der Waals surface area contributed by atoms with Gasteiger partial charge in [-0.2, -0.15) is 23.0 Å². The van der Waals surface area contributed by atoms with E-state index in [-0.39, 0.29) is 18.9 Å². The van der Waals surface area contributed by atoms with Crippen LogP contribution < -0.4 is 5.32 Å². The van der Waals surface area contributed by atoms with Gasteiger partial charge in [-0.3, -0.25) is 9.48 Å². The van der Waals surface area contributed by atoms with Gasteiger partial charge in [0.1, 0.15) is 10.7 Å². The van der Waals surface area contributed by atoms with Gasteiger partial charge in [-0.05, 0) is 11.8 Å². The molecule has 2 rings (SSSR count). The molecule has 0 saturated heterocycles. The van der Waals surface area contributed by atoms with E-state index in [1.165, 1.54) is 10.7 Å². The van der Waals surface area contributed by atoms with E-state index in [1.807, 2.05) is 0 Å². The highest BCUT2D eigenvalue weighted by atomic mass is 35.5. The van der Waals surface area contributed by atoms with Crippen molar-refractivity contribution in [2.24, 2.45) is 7.05 Å².